The second-order valence-corrected chi connectivity index (χ2v) is 10.9. The number of nitrogens with one attached hydrogen (secondary N) is 4. The highest BCUT2D eigenvalue weighted by Crippen LogP contribution is 2.32. The van der Waals surface area contributed by atoms with Crippen LogP contribution in [0.15, 0.2) is 46.3 Å². The first-order valence-electron chi connectivity index (χ1n) is 14.3. The molecule has 0 aromatic carbocycles. The van der Waals surface area contributed by atoms with Crippen molar-refractivity contribution < 1.29 is 34.2 Å². The number of amides is 2. The monoisotopic (exact) mass is 600 g/mol. The zero-order valence-corrected chi connectivity index (χ0v) is 25.4. The van der Waals surface area contributed by atoms with Gasteiger partial charge in [0.25, 0.3) is 11.8 Å². The molecule has 2 amide bonds. The minimum absolute atomic E-state index is 0.0640. The van der Waals surface area contributed by atoms with Gasteiger partial charge in [0.15, 0.2) is 0 Å². The Labute approximate surface area is 254 Å². The highest BCUT2D eigenvalue weighted by atomic mass is 16.4. The molecule has 2 aromatic rings. The number of aliphatic carboxylic acids is 2. The Morgan fingerprint density at radius 2 is 1.20 bits per heavy atom. The molecule has 0 fully saturated rings. The molecule has 0 bridgehead atoms. The lowest BCUT2D eigenvalue weighted by atomic mass is 9.97. The number of H-pyrrole nitrogens is 2. The Hall–Kier alpha value is -5.19. The molecule has 4 heterocycles. The molecule has 0 unspecified atom stereocenters. The number of hydrogen-bond acceptors (Lipinski definition) is 5. The Kier molecular flexibility index (Phi) is 9.08. The van der Waals surface area contributed by atoms with Crippen molar-refractivity contribution in [2.45, 2.75) is 66.7 Å². The van der Waals surface area contributed by atoms with E-state index < -0.39 is 17.7 Å². The fraction of sp³-hybridized carbons (Fsp3) is 0.303. The van der Waals surface area contributed by atoms with E-state index in [0.29, 0.717) is 68.2 Å². The largest absolute Gasteiger partial charge is 0.481 e. The number of aromatic amines is 2. The Morgan fingerprint density at radius 3 is 1.66 bits per heavy atom. The average molecular weight is 601 g/mol. The molecule has 0 spiro atoms. The molecular weight excluding hydrogens is 564 g/mol. The highest BCUT2D eigenvalue weighted by Gasteiger charge is 2.29. The van der Waals surface area contributed by atoms with Gasteiger partial charge in [-0.25, -0.2) is 0 Å². The SMILES string of the molecule is C=CC1=C(C)C(=O)N/C1=C\c1[nH]c(C(=O)c2[nH]c(/C=C3\NC(=O)C(C)=C3CC)c(C)c2CCC(=O)O)c(CCC(=O)O)c1C. The molecule has 0 aliphatic carbocycles. The van der Waals surface area contributed by atoms with Crippen molar-refractivity contribution in [3.63, 3.8) is 0 Å². The summed E-state index contributed by atoms with van der Waals surface area (Å²) in [6.45, 7) is 12.7. The zero-order chi connectivity index (χ0) is 32.5. The van der Waals surface area contributed by atoms with Crippen molar-refractivity contribution in [1.29, 1.82) is 0 Å². The lowest BCUT2D eigenvalue weighted by Crippen LogP contribution is -2.15. The number of carboxylic acid groups (broad SMARTS) is 2. The van der Waals surface area contributed by atoms with E-state index in [2.05, 4.69) is 27.2 Å². The number of rotatable bonds is 12. The van der Waals surface area contributed by atoms with E-state index >= 15 is 0 Å². The Bertz CT molecular complexity index is 1760. The number of hydrogen-bond donors (Lipinski definition) is 6. The maximum atomic E-state index is 14.3. The second kappa shape index (κ2) is 12.6. The first-order chi connectivity index (χ1) is 20.8. The van der Waals surface area contributed by atoms with Crippen LogP contribution in [0, 0.1) is 13.8 Å². The van der Waals surface area contributed by atoms with Crippen LogP contribution in [0.1, 0.15) is 89.9 Å². The number of carbonyl (C=O) groups is 5. The summed E-state index contributed by atoms with van der Waals surface area (Å²) in [5.41, 5.74) is 7.40. The molecule has 2 aliphatic heterocycles. The molecule has 2 aliphatic rings. The van der Waals surface area contributed by atoms with Crippen molar-refractivity contribution in [3.8, 4) is 0 Å². The van der Waals surface area contributed by atoms with Crippen molar-refractivity contribution >= 4 is 41.7 Å². The zero-order valence-electron chi connectivity index (χ0n) is 25.4. The lowest BCUT2D eigenvalue weighted by Gasteiger charge is -2.06. The number of ketones is 1. The van der Waals surface area contributed by atoms with Gasteiger partial charge in [0.1, 0.15) is 0 Å². The van der Waals surface area contributed by atoms with Crippen LogP contribution in [0.5, 0.6) is 0 Å². The van der Waals surface area contributed by atoms with E-state index in [9.17, 15) is 34.2 Å². The summed E-state index contributed by atoms with van der Waals surface area (Å²) in [6, 6.07) is 0. The van der Waals surface area contributed by atoms with Crippen molar-refractivity contribution in [2.75, 3.05) is 0 Å². The van der Waals surface area contributed by atoms with Gasteiger partial charge in [-0.1, -0.05) is 19.6 Å². The van der Waals surface area contributed by atoms with Gasteiger partial charge in [0.05, 0.1) is 17.1 Å². The minimum Gasteiger partial charge on any atom is -0.481 e. The molecule has 230 valence electrons. The molecule has 4 rings (SSSR count). The standard InChI is InChI=1S/C33H36N4O7/c1-7-19-17(5)32(43)36-25(19)13-23-15(3)21(9-11-27(38)39)29(34-23)31(42)30-22(10-12-28(40)41)16(4)24(35-30)14-26-20(8-2)18(6)33(44)37-26/h7,13-14,34-35H,1,8-12H2,2-6H3,(H,36,43)(H,37,44)(H,38,39)(H,40,41)/b25-13-,26-14-. The fourth-order valence-corrected chi connectivity index (χ4v) is 5.68. The smallest absolute Gasteiger partial charge is 0.303 e. The van der Waals surface area contributed by atoms with Gasteiger partial charge in [-0.15, -0.1) is 0 Å². The van der Waals surface area contributed by atoms with Crippen LogP contribution in [-0.2, 0) is 32.0 Å². The van der Waals surface area contributed by atoms with Gasteiger partial charge in [-0.3, -0.25) is 24.0 Å². The molecule has 0 radical (unpaired) electrons. The highest BCUT2D eigenvalue weighted by molar-refractivity contribution is 6.10. The van der Waals surface area contributed by atoms with Gasteiger partial charge >= 0.3 is 11.9 Å². The van der Waals surface area contributed by atoms with Crippen LogP contribution in [0.2, 0.25) is 0 Å². The summed E-state index contributed by atoms with van der Waals surface area (Å²) in [4.78, 5) is 68.2. The van der Waals surface area contributed by atoms with E-state index in [-0.39, 0.29) is 48.9 Å². The molecule has 0 saturated carbocycles. The van der Waals surface area contributed by atoms with Gasteiger partial charge in [0, 0.05) is 46.6 Å². The first kappa shape index (κ1) is 31.7. The van der Waals surface area contributed by atoms with Crippen LogP contribution in [0.25, 0.3) is 12.2 Å². The summed E-state index contributed by atoms with van der Waals surface area (Å²) in [6.07, 6.45) is 5.32. The number of aromatic nitrogens is 2. The predicted octanol–water partition coefficient (Wildman–Crippen LogP) is 4.40. The van der Waals surface area contributed by atoms with Crippen LogP contribution in [-0.4, -0.2) is 49.7 Å². The van der Waals surface area contributed by atoms with Crippen LogP contribution in [0.3, 0.4) is 0 Å². The molecular formula is C33H36N4O7. The number of allylic oxidation sites excluding steroid dienone is 2. The molecule has 0 saturated heterocycles. The maximum Gasteiger partial charge on any atom is 0.303 e. The third-order valence-corrected chi connectivity index (χ3v) is 8.25. The fourth-order valence-electron chi connectivity index (χ4n) is 5.68. The van der Waals surface area contributed by atoms with Gasteiger partial charge < -0.3 is 30.8 Å². The molecule has 11 heteroatoms. The summed E-state index contributed by atoms with van der Waals surface area (Å²) >= 11 is 0. The first-order valence-corrected chi connectivity index (χ1v) is 14.3. The van der Waals surface area contributed by atoms with E-state index in [1.807, 2.05) is 6.92 Å². The normalized spacial score (nSPS) is 16.8. The Morgan fingerprint density at radius 1 is 0.750 bits per heavy atom. The summed E-state index contributed by atoms with van der Waals surface area (Å²) in [5.74, 6) is -2.98. The number of carbonyl (C=O) groups excluding carboxylic acids is 3. The van der Waals surface area contributed by atoms with Crippen LogP contribution >= 0.6 is 0 Å². The van der Waals surface area contributed by atoms with Crippen LogP contribution in [0.4, 0.5) is 0 Å². The predicted molar refractivity (Wildman–Crippen MR) is 165 cm³/mol. The van der Waals surface area contributed by atoms with Crippen LogP contribution < -0.4 is 10.6 Å². The quantitative estimate of drug-likeness (QED) is 0.195. The van der Waals surface area contributed by atoms with Crippen molar-refractivity contribution in [1.82, 2.24) is 20.6 Å². The summed E-state index contributed by atoms with van der Waals surface area (Å²) < 4.78 is 0. The molecule has 0 atom stereocenters. The minimum atomic E-state index is -1.03. The van der Waals surface area contributed by atoms with E-state index in [1.54, 1.807) is 45.9 Å². The van der Waals surface area contributed by atoms with Crippen molar-refractivity contribution in [2.24, 2.45) is 0 Å². The van der Waals surface area contributed by atoms with Gasteiger partial charge in [-0.05, 0) is 86.9 Å². The molecule has 11 nitrogen and oxygen atoms in total. The Balaban J connectivity index is 1.87. The van der Waals surface area contributed by atoms with E-state index in [1.165, 1.54) is 0 Å². The molecule has 44 heavy (non-hydrogen) atoms. The second-order valence-electron chi connectivity index (χ2n) is 10.9. The maximum absolute atomic E-state index is 14.3. The lowest BCUT2D eigenvalue weighted by molar-refractivity contribution is -0.138. The summed E-state index contributed by atoms with van der Waals surface area (Å²) in [5, 5.41) is 24.5. The third kappa shape index (κ3) is 5.98. The number of carboxylic acids is 2. The van der Waals surface area contributed by atoms with Gasteiger partial charge in [-0.2, -0.15) is 0 Å². The topological polar surface area (TPSA) is 181 Å². The van der Waals surface area contributed by atoms with E-state index in [0.717, 1.165) is 5.57 Å². The molecule has 2 aromatic heterocycles. The van der Waals surface area contributed by atoms with Gasteiger partial charge in [0.2, 0.25) is 5.78 Å². The third-order valence-electron chi connectivity index (χ3n) is 8.25. The summed E-state index contributed by atoms with van der Waals surface area (Å²) in [7, 11) is 0. The van der Waals surface area contributed by atoms with E-state index in [4.69, 9.17) is 0 Å². The van der Waals surface area contributed by atoms with Crippen molar-refractivity contribution in [3.05, 3.63) is 91.4 Å². The molecule has 6 N–H and O–H groups in total. The average Bonchev–Trinajstić information content (AvgIpc) is 3.63.